The van der Waals surface area contributed by atoms with E-state index in [0.717, 1.165) is 49.6 Å². The standard InChI is InChI=1S/C15H25ClN4S2/c1-12(21-3)10-18-15(17-2)20-8-6-19(7-9-20)11-13-4-5-14(16)22-13/h4-5,12H,6-11H2,1-3H3,(H,17,18). The highest BCUT2D eigenvalue weighted by atomic mass is 35.5. The lowest BCUT2D eigenvalue weighted by Gasteiger charge is -2.36. The van der Waals surface area contributed by atoms with Crippen molar-refractivity contribution in [2.45, 2.75) is 18.7 Å². The monoisotopic (exact) mass is 360 g/mol. The maximum Gasteiger partial charge on any atom is 0.193 e. The van der Waals surface area contributed by atoms with E-state index in [1.165, 1.54) is 4.88 Å². The van der Waals surface area contributed by atoms with E-state index < -0.39 is 0 Å². The van der Waals surface area contributed by atoms with Crippen LogP contribution in [0.3, 0.4) is 0 Å². The van der Waals surface area contributed by atoms with E-state index in [0.29, 0.717) is 5.25 Å². The number of hydrogen-bond acceptors (Lipinski definition) is 4. The SMILES string of the molecule is CN=C(NCC(C)SC)N1CCN(Cc2ccc(Cl)s2)CC1. The van der Waals surface area contributed by atoms with Crippen molar-refractivity contribution in [3.05, 3.63) is 21.3 Å². The Labute approximate surface area is 146 Å². The minimum absolute atomic E-state index is 0.599. The predicted octanol–water partition coefficient (Wildman–Crippen LogP) is 2.85. The van der Waals surface area contributed by atoms with Gasteiger partial charge >= 0.3 is 0 Å². The van der Waals surface area contributed by atoms with E-state index in [9.17, 15) is 0 Å². The molecule has 1 aliphatic rings. The fourth-order valence-corrected chi connectivity index (χ4v) is 3.81. The second kappa shape index (κ2) is 9.01. The van der Waals surface area contributed by atoms with E-state index >= 15 is 0 Å². The van der Waals surface area contributed by atoms with Crippen LogP contribution in [-0.4, -0.2) is 67.0 Å². The molecule has 1 aliphatic heterocycles. The molecule has 0 spiro atoms. The number of thiophene rings is 1. The second-order valence-corrected chi connectivity index (χ2v) is 8.52. The second-order valence-electron chi connectivity index (χ2n) is 5.44. The Hall–Kier alpha value is -0.430. The molecule has 1 fully saturated rings. The molecule has 0 aromatic carbocycles. The first-order valence-corrected chi connectivity index (χ1v) is 10.1. The average molecular weight is 361 g/mol. The molecule has 2 heterocycles. The van der Waals surface area contributed by atoms with E-state index in [1.807, 2.05) is 24.9 Å². The van der Waals surface area contributed by atoms with E-state index in [1.54, 1.807) is 11.3 Å². The highest BCUT2D eigenvalue weighted by Crippen LogP contribution is 2.23. The molecule has 2 rings (SSSR count). The largest absolute Gasteiger partial charge is 0.355 e. The Morgan fingerprint density at radius 3 is 2.68 bits per heavy atom. The van der Waals surface area contributed by atoms with Gasteiger partial charge in [0.1, 0.15) is 0 Å². The molecule has 0 saturated carbocycles. The zero-order valence-corrected chi connectivity index (χ0v) is 15.9. The van der Waals surface area contributed by atoms with Gasteiger partial charge in [-0.05, 0) is 18.4 Å². The highest BCUT2D eigenvalue weighted by molar-refractivity contribution is 7.99. The molecule has 1 atom stereocenters. The Balaban J connectivity index is 1.77. The summed E-state index contributed by atoms with van der Waals surface area (Å²) in [4.78, 5) is 10.6. The molecule has 0 radical (unpaired) electrons. The van der Waals surface area contributed by atoms with Crippen LogP contribution >= 0.6 is 34.7 Å². The molecule has 0 bridgehead atoms. The maximum absolute atomic E-state index is 6.00. The third kappa shape index (κ3) is 5.33. The van der Waals surface area contributed by atoms with Gasteiger partial charge in [0, 0.05) is 56.4 Å². The van der Waals surface area contributed by atoms with Crippen LogP contribution in [0.4, 0.5) is 0 Å². The van der Waals surface area contributed by atoms with Crippen molar-refractivity contribution in [3.8, 4) is 0 Å². The molecular weight excluding hydrogens is 336 g/mol. The van der Waals surface area contributed by atoms with Gasteiger partial charge in [0.05, 0.1) is 4.34 Å². The average Bonchev–Trinajstić information content (AvgIpc) is 2.94. The van der Waals surface area contributed by atoms with Gasteiger partial charge in [-0.15, -0.1) is 11.3 Å². The molecule has 1 aromatic heterocycles. The molecule has 124 valence electrons. The summed E-state index contributed by atoms with van der Waals surface area (Å²) in [6.45, 7) is 8.36. The maximum atomic E-state index is 6.00. The topological polar surface area (TPSA) is 30.9 Å². The first kappa shape index (κ1) is 17.9. The molecule has 0 aliphatic carbocycles. The normalized spacial score (nSPS) is 18.5. The molecule has 7 heteroatoms. The lowest BCUT2D eigenvalue weighted by Crippen LogP contribution is -2.52. The van der Waals surface area contributed by atoms with E-state index in [2.05, 4.69) is 39.4 Å². The number of thioether (sulfide) groups is 1. The number of guanidine groups is 1. The van der Waals surface area contributed by atoms with Crippen molar-refractivity contribution in [1.29, 1.82) is 0 Å². The minimum atomic E-state index is 0.599. The number of piperazine rings is 1. The zero-order valence-electron chi connectivity index (χ0n) is 13.5. The van der Waals surface area contributed by atoms with Crippen molar-refractivity contribution >= 4 is 40.7 Å². The first-order chi connectivity index (χ1) is 10.6. The summed E-state index contributed by atoms with van der Waals surface area (Å²) in [6, 6.07) is 4.11. The third-order valence-corrected chi connectivity index (χ3v) is 6.03. The highest BCUT2D eigenvalue weighted by Gasteiger charge is 2.20. The Morgan fingerprint density at radius 1 is 1.41 bits per heavy atom. The molecule has 4 nitrogen and oxygen atoms in total. The van der Waals surface area contributed by atoms with Crippen LogP contribution in [0.25, 0.3) is 0 Å². The van der Waals surface area contributed by atoms with Gasteiger partial charge in [0.15, 0.2) is 5.96 Å². The predicted molar refractivity (Wildman–Crippen MR) is 101 cm³/mol. The van der Waals surface area contributed by atoms with Gasteiger partial charge in [0.25, 0.3) is 0 Å². The smallest absolute Gasteiger partial charge is 0.193 e. The number of nitrogens with one attached hydrogen (secondary N) is 1. The Morgan fingerprint density at radius 2 is 2.14 bits per heavy atom. The molecule has 1 aromatic rings. The minimum Gasteiger partial charge on any atom is -0.355 e. The van der Waals surface area contributed by atoms with Gasteiger partial charge in [0.2, 0.25) is 0 Å². The van der Waals surface area contributed by atoms with Crippen molar-refractivity contribution in [2.75, 3.05) is 46.0 Å². The fraction of sp³-hybridized carbons (Fsp3) is 0.667. The molecule has 22 heavy (non-hydrogen) atoms. The van der Waals surface area contributed by atoms with Crippen molar-refractivity contribution in [2.24, 2.45) is 4.99 Å². The van der Waals surface area contributed by atoms with Gasteiger partial charge < -0.3 is 10.2 Å². The molecule has 1 saturated heterocycles. The van der Waals surface area contributed by atoms with Crippen LogP contribution in [0, 0.1) is 0 Å². The van der Waals surface area contributed by atoms with Gasteiger partial charge in [-0.2, -0.15) is 11.8 Å². The Kier molecular flexibility index (Phi) is 7.34. The lowest BCUT2D eigenvalue weighted by atomic mass is 10.3. The number of rotatable bonds is 5. The summed E-state index contributed by atoms with van der Waals surface area (Å²) in [5.74, 6) is 1.03. The number of aliphatic imine (C=N–C) groups is 1. The number of hydrogen-bond donors (Lipinski definition) is 1. The van der Waals surface area contributed by atoms with E-state index in [4.69, 9.17) is 11.6 Å². The van der Waals surface area contributed by atoms with Gasteiger partial charge in [-0.3, -0.25) is 9.89 Å². The number of nitrogens with zero attached hydrogens (tertiary/aromatic N) is 3. The van der Waals surface area contributed by atoms with Crippen LogP contribution in [0.15, 0.2) is 17.1 Å². The number of halogens is 1. The van der Waals surface area contributed by atoms with Crippen molar-refractivity contribution < 1.29 is 0 Å². The van der Waals surface area contributed by atoms with Gasteiger partial charge in [-0.1, -0.05) is 18.5 Å². The van der Waals surface area contributed by atoms with Crippen LogP contribution in [0.1, 0.15) is 11.8 Å². The quantitative estimate of drug-likeness (QED) is 0.646. The third-order valence-electron chi connectivity index (χ3n) is 3.84. The van der Waals surface area contributed by atoms with Crippen LogP contribution in [0.2, 0.25) is 4.34 Å². The van der Waals surface area contributed by atoms with Gasteiger partial charge in [-0.25, -0.2) is 0 Å². The van der Waals surface area contributed by atoms with Crippen LogP contribution < -0.4 is 5.32 Å². The summed E-state index contributed by atoms with van der Waals surface area (Å²) < 4.78 is 0.876. The summed E-state index contributed by atoms with van der Waals surface area (Å²) in [7, 11) is 1.87. The molecular formula is C15H25ClN4S2. The summed E-state index contributed by atoms with van der Waals surface area (Å²) in [5, 5.41) is 4.08. The fourth-order valence-electron chi connectivity index (χ4n) is 2.43. The van der Waals surface area contributed by atoms with Crippen LogP contribution in [-0.2, 0) is 6.54 Å². The summed E-state index contributed by atoms with van der Waals surface area (Å²) in [5.41, 5.74) is 0. The van der Waals surface area contributed by atoms with Crippen molar-refractivity contribution in [1.82, 2.24) is 15.1 Å². The summed E-state index contributed by atoms with van der Waals surface area (Å²) >= 11 is 9.55. The molecule has 0 amide bonds. The van der Waals surface area contributed by atoms with Crippen LogP contribution in [0.5, 0.6) is 0 Å². The van der Waals surface area contributed by atoms with E-state index in [-0.39, 0.29) is 0 Å². The zero-order chi connectivity index (χ0) is 15.9. The molecule has 1 unspecified atom stereocenters. The molecule has 1 N–H and O–H groups in total. The summed E-state index contributed by atoms with van der Waals surface area (Å²) in [6.07, 6.45) is 2.14. The first-order valence-electron chi connectivity index (χ1n) is 7.57. The Bertz CT molecular complexity index is 484. The lowest BCUT2D eigenvalue weighted by molar-refractivity contribution is 0.174. The van der Waals surface area contributed by atoms with Crippen molar-refractivity contribution in [3.63, 3.8) is 0 Å².